The maximum Gasteiger partial charge on any atom is 0.264 e. The molecule has 0 amide bonds. The minimum Gasteiger partial charge on any atom is -0.268 e. The molecule has 76 valence electrons. The number of nitrogens with zero attached hydrogens (tertiary/aromatic N) is 1. The topological polar surface area (TPSA) is 45.8 Å². The van der Waals surface area contributed by atoms with Crippen molar-refractivity contribution < 1.29 is 4.39 Å². The van der Waals surface area contributed by atoms with E-state index in [2.05, 4.69) is 10.2 Å². The van der Waals surface area contributed by atoms with E-state index in [1.165, 1.54) is 24.3 Å². The van der Waals surface area contributed by atoms with Gasteiger partial charge in [0.15, 0.2) is 0 Å². The highest BCUT2D eigenvalue weighted by Crippen LogP contribution is 2.22. The molecule has 0 fully saturated rings. The Morgan fingerprint density at radius 3 is 2.67 bits per heavy atom. The van der Waals surface area contributed by atoms with Crippen molar-refractivity contribution in [3.63, 3.8) is 0 Å². The van der Waals surface area contributed by atoms with Gasteiger partial charge < -0.3 is 0 Å². The van der Waals surface area contributed by atoms with E-state index in [-0.39, 0.29) is 5.56 Å². The molecule has 5 heteroatoms. The standard InChI is InChI=1S/C10H6ClFN2O/c11-6-1-2-7(8(12)5-6)9-3-4-10(15)14-13-9/h1-5H,(H,14,15). The summed E-state index contributed by atoms with van der Waals surface area (Å²) < 4.78 is 13.4. The average Bonchev–Trinajstić information content (AvgIpc) is 2.20. The Hall–Kier alpha value is -1.68. The number of hydrogen-bond acceptors (Lipinski definition) is 2. The Labute approximate surface area is 89.5 Å². The summed E-state index contributed by atoms with van der Waals surface area (Å²) in [6, 6.07) is 7.01. The number of benzene rings is 1. The Balaban J connectivity index is 2.54. The lowest BCUT2D eigenvalue weighted by atomic mass is 10.1. The van der Waals surface area contributed by atoms with Gasteiger partial charge in [-0.1, -0.05) is 11.6 Å². The lowest BCUT2D eigenvalue weighted by Gasteiger charge is -2.01. The van der Waals surface area contributed by atoms with E-state index in [9.17, 15) is 9.18 Å². The number of aromatic amines is 1. The third-order valence-electron chi connectivity index (χ3n) is 1.89. The van der Waals surface area contributed by atoms with Crippen LogP contribution >= 0.6 is 11.6 Å². The van der Waals surface area contributed by atoms with Crippen LogP contribution in [-0.2, 0) is 0 Å². The molecule has 1 heterocycles. The Bertz CT molecular complexity index is 533. The second kappa shape index (κ2) is 3.82. The van der Waals surface area contributed by atoms with Crippen LogP contribution < -0.4 is 5.56 Å². The molecule has 0 aliphatic rings. The Morgan fingerprint density at radius 2 is 2.07 bits per heavy atom. The molecule has 0 unspecified atom stereocenters. The normalized spacial score (nSPS) is 10.3. The van der Waals surface area contributed by atoms with Gasteiger partial charge in [0.25, 0.3) is 5.56 Å². The van der Waals surface area contributed by atoms with E-state index in [0.29, 0.717) is 16.3 Å². The largest absolute Gasteiger partial charge is 0.268 e. The maximum atomic E-state index is 13.4. The van der Waals surface area contributed by atoms with E-state index in [4.69, 9.17) is 11.6 Å². The highest BCUT2D eigenvalue weighted by Gasteiger charge is 2.06. The number of hydrogen-bond donors (Lipinski definition) is 1. The van der Waals surface area contributed by atoms with Crippen LogP contribution in [0.2, 0.25) is 5.02 Å². The third-order valence-corrected chi connectivity index (χ3v) is 2.12. The van der Waals surface area contributed by atoms with E-state index in [1.54, 1.807) is 6.07 Å². The van der Waals surface area contributed by atoms with Gasteiger partial charge in [-0.25, -0.2) is 9.49 Å². The van der Waals surface area contributed by atoms with Crippen molar-refractivity contribution in [2.45, 2.75) is 0 Å². The van der Waals surface area contributed by atoms with E-state index in [1.807, 2.05) is 0 Å². The van der Waals surface area contributed by atoms with Gasteiger partial charge in [-0.05, 0) is 24.3 Å². The van der Waals surface area contributed by atoms with Crippen LogP contribution in [0.15, 0.2) is 35.1 Å². The summed E-state index contributed by atoms with van der Waals surface area (Å²) in [5, 5.41) is 6.27. The van der Waals surface area contributed by atoms with Gasteiger partial charge in [0, 0.05) is 16.7 Å². The van der Waals surface area contributed by atoms with Gasteiger partial charge in [-0.3, -0.25) is 4.79 Å². The smallest absolute Gasteiger partial charge is 0.264 e. The maximum absolute atomic E-state index is 13.4. The van der Waals surface area contributed by atoms with Gasteiger partial charge in [0.2, 0.25) is 0 Å². The third kappa shape index (κ3) is 2.05. The molecule has 0 spiro atoms. The minimum atomic E-state index is -0.470. The predicted octanol–water partition coefficient (Wildman–Crippen LogP) is 2.23. The zero-order valence-electron chi connectivity index (χ0n) is 7.50. The van der Waals surface area contributed by atoms with Gasteiger partial charge in [0.1, 0.15) is 5.82 Å². The van der Waals surface area contributed by atoms with Crippen LogP contribution in [0, 0.1) is 5.82 Å². The second-order valence-corrected chi connectivity index (χ2v) is 3.37. The van der Waals surface area contributed by atoms with Crippen molar-refractivity contribution in [2.75, 3.05) is 0 Å². The number of halogens is 2. The van der Waals surface area contributed by atoms with Crippen molar-refractivity contribution in [3.05, 3.63) is 51.5 Å². The fourth-order valence-electron chi connectivity index (χ4n) is 1.19. The van der Waals surface area contributed by atoms with Crippen molar-refractivity contribution in [1.29, 1.82) is 0 Å². The van der Waals surface area contributed by atoms with Crippen molar-refractivity contribution in [3.8, 4) is 11.3 Å². The highest BCUT2D eigenvalue weighted by molar-refractivity contribution is 6.30. The van der Waals surface area contributed by atoms with Crippen LogP contribution in [0.5, 0.6) is 0 Å². The Morgan fingerprint density at radius 1 is 1.27 bits per heavy atom. The van der Waals surface area contributed by atoms with Gasteiger partial charge >= 0.3 is 0 Å². The first-order chi connectivity index (χ1) is 7.16. The van der Waals surface area contributed by atoms with Gasteiger partial charge in [-0.15, -0.1) is 0 Å². The molecule has 0 radical (unpaired) electrons. The van der Waals surface area contributed by atoms with E-state index >= 15 is 0 Å². The molecule has 0 saturated heterocycles. The molecule has 0 saturated carbocycles. The molecule has 0 atom stereocenters. The number of rotatable bonds is 1. The summed E-state index contributed by atoms with van der Waals surface area (Å²) in [7, 11) is 0. The first-order valence-corrected chi connectivity index (χ1v) is 4.56. The fourth-order valence-corrected chi connectivity index (χ4v) is 1.35. The fraction of sp³-hybridized carbons (Fsp3) is 0. The second-order valence-electron chi connectivity index (χ2n) is 2.93. The first kappa shape index (κ1) is 9.86. The summed E-state index contributed by atoms with van der Waals surface area (Å²) in [6.07, 6.45) is 0. The SMILES string of the molecule is O=c1ccc(-c2ccc(Cl)cc2F)n[nH]1. The van der Waals surface area contributed by atoms with Crippen LogP contribution in [0.1, 0.15) is 0 Å². The molecule has 2 rings (SSSR count). The van der Waals surface area contributed by atoms with Crippen molar-refractivity contribution in [1.82, 2.24) is 10.2 Å². The molecule has 0 aliphatic heterocycles. The van der Waals surface area contributed by atoms with Crippen LogP contribution in [-0.4, -0.2) is 10.2 Å². The summed E-state index contributed by atoms with van der Waals surface area (Å²) in [6.45, 7) is 0. The van der Waals surface area contributed by atoms with E-state index < -0.39 is 5.82 Å². The lowest BCUT2D eigenvalue weighted by Crippen LogP contribution is -2.05. The zero-order valence-corrected chi connectivity index (χ0v) is 8.25. The summed E-state index contributed by atoms with van der Waals surface area (Å²) in [5.41, 5.74) is 0.340. The molecule has 1 N–H and O–H groups in total. The number of nitrogens with one attached hydrogen (secondary N) is 1. The molecule has 0 bridgehead atoms. The monoisotopic (exact) mass is 224 g/mol. The highest BCUT2D eigenvalue weighted by atomic mass is 35.5. The van der Waals surface area contributed by atoms with E-state index in [0.717, 1.165) is 0 Å². The number of H-pyrrole nitrogens is 1. The molecule has 15 heavy (non-hydrogen) atoms. The lowest BCUT2D eigenvalue weighted by molar-refractivity contribution is 0.630. The summed E-state index contributed by atoms with van der Waals surface area (Å²) in [4.78, 5) is 10.8. The van der Waals surface area contributed by atoms with Crippen LogP contribution in [0.4, 0.5) is 4.39 Å². The average molecular weight is 225 g/mol. The first-order valence-electron chi connectivity index (χ1n) is 4.18. The minimum absolute atomic E-state index is 0.302. The van der Waals surface area contributed by atoms with Gasteiger partial charge in [-0.2, -0.15) is 5.10 Å². The molecule has 3 nitrogen and oxygen atoms in total. The molecule has 1 aromatic heterocycles. The molecular formula is C10H6ClFN2O. The summed E-state index contributed by atoms with van der Waals surface area (Å²) >= 11 is 5.61. The van der Waals surface area contributed by atoms with Crippen LogP contribution in [0.25, 0.3) is 11.3 Å². The summed E-state index contributed by atoms with van der Waals surface area (Å²) in [5.74, 6) is -0.470. The Kier molecular flexibility index (Phi) is 2.51. The zero-order chi connectivity index (χ0) is 10.8. The molecule has 0 aliphatic carbocycles. The molecular weight excluding hydrogens is 219 g/mol. The van der Waals surface area contributed by atoms with Gasteiger partial charge in [0.05, 0.1) is 5.69 Å². The molecule has 2 aromatic rings. The van der Waals surface area contributed by atoms with Crippen molar-refractivity contribution >= 4 is 11.6 Å². The number of aromatic nitrogens is 2. The van der Waals surface area contributed by atoms with Crippen molar-refractivity contribution in [2.24, 2.45) is 0 Å². The molecule has 1 aromatic carbocycles. The van der Waals surface area contributed by atoms with Crippen LogP contribution in [0.3, 0.4) is 0 Å². The quantitative estimate of drug-likeness (QED) is 0.808. The predicted molar refractivity (Wildman–Crippen MR) is 55.3 cm³/mol.